The summed E-state index contributed by atoms with van der Waals surface area (Å²) in [5.74, 6) is -0.548. The van der Waals surface area contributed by atoms with Gasteiger partial charge < -0.3 is 10.1 Å². The molecule has 0 saturated heterocycles. The lowest BCUT2D eigenvalue weighted by molar-refractivity contribution is -0.125. The molecule has 0 unspecified atom stereocenters. The number of amides is 1. The van der Waals surface area contributed by atoms with Crippen molar-refractivity contribution in [2.24, 2.45) is 0 Å². The number of benzene rings is 3. The van der Waals surface area contributed by atoms with Crippen molar-refractivity contribution in [3.05, 3.63) is 101 Å². The number of hydrogen-bond donors (Lipinski definition) is 1. The van der Waals surface area contributed by atoms with Crippen LogP contribution in [0.5, 0.6) is 0 Å². The molecule has 3 rings (SSSR count). The summed E-state index contributed by atoms with van der Waals surface area (Å²) in [6.07, 6.45) is -1.05. The van der Waals surface area contributed by atoms with E-state index in [4.69, 9.17) is 4.74 Å². The van der Waals surface area contributed by atoms with Gasteiger partial charge in [-0.3, -0.25) is 4.79 Å². The lowest BCUT2D eigenvalue weighted by Gasteiger charge is -2.19. The SMILES string of the molecule is Cc1ccc(C)c(NC(=O)[C@H](OC(=O)c2ccc(C(C)C)cc2)c2ccccc2)c1. The van der Waals surface area contributed by atoms with E-state index in [2.05, 4.69) is 19.2 Å². The van der Waals surface area contributed by atoms with Gasteiger partial charge in [0.05, 0.1) is 5.56 Å². The third-order valence-corrected chi connectivity index (χ3v) is 5.03. The van der Waals surface area contributed by atoms with Gasteiger partial charge in [-0.05, 0) is 54.7 Å². The lowest BCUT2D eigenvalue weighted by atomic mass is 10.0. The third-order valence-electron chi connectivity index (χ3n) is 5.03. The molecule has 4 heteroatoms. The minimum Gasteiger partial charge on any atom is -0.444 e. The Morgan fingerprint density at radius 3 is 2.13 bits per heavy atom. The first-order valence-electron chi connectivity index (χ1n) is 10.1. The highest BCUT2D eigenvalue weighted by atomic mass is 16.5. The standard InChI is InChI=1S/C26H27NO3/c1-17(2)20-12-14-22(15-13-20)26(29)30-24(21-8-6-5-7-9-21)25(28)27-23-16-18(3)10-11-19(23)4/h5-17,24H,1-4H3,(H,27,28)/t24-/m1/s1. The van der Waals surface area contributed by atoms with Crippen molar-refractivity contribution in [1.82, 2.24) is 0 Å². The van der Waals surface area contributed by atoms with E-state index in [0.29, 0.717) is 22.7 Å². The third kappa shape index (κ3) is 5.15. The van der Waals surface area contributed by atoms with Crippen LogP contribution >= 0.6 is 0 Å². The first kappa shape index (κ1) is 21.3. The van der Waals surface area contributed by atoms with Gasteiger partial charge in [-0.1, -0.05) is 68.4 Å². The second kappa shape index (κ2) is 9.40. The molecule has 0 spiro atoms. The van der Waals surface area contributed by atoms with Crippen LogP contribution in [0.1, 0.15) is 58.5 Å². The predicted molar refractivity (Wildman–Crippen MR) is 120 cm³/mol. The van der Waals surface area contributed by atoms with Crippen LogP contribution in [0, 0.1) is 13.8 Å². The fourth-order valence-electron chi connectivity index (χ4n) is 3.15. The molecular formula is C26H27NO3. The number of anilines is 1. The average molecular weight is 402 g/mol. The zero-order valence-electron chi connectivity index (χ0n) is 17.8. The van der Waals surface area contributed by atoms with E-state index in [1.807, 2.05) is 62.4 Å². The largest absolute Gasteiger partial charge is 0.444 e. The Morgan fingerprint density at radius 1 is 0.833 bits per heavy atom. The van der Waals surface area contributed by atoms with E-state index in [-0.39, 0.29) is 5.91 Å². The topological polar surface area (TPSA) is 55.4 Å². The molecule has 154 valence electrons. The van der Waals surface area contributed by atoms with Gasteiger partial charge in [0.15, 0.2) is 0 Å². The lowest BCUT2D eigenvalue weighted by Crippen LogP contribution is -2.26. The fraction of sp³-hybridized carbons (Fsp3) is 0.231. The molecule has 0 saturated carbocycles. The highest BCUT2D eigenvalue weighted by Gasteiger charge is 2.26. The molecule has 1 amide bonds. The van der Waals surface area contributed by atoms with E-state index >= 15 is 0 Å². The normalized spacial score (nSPS) is 11.8. The molecule has 0 bridgehead atoms. The van der Waals surface area contributed by atoms with Gasteiger partial charge in [0, 0.05) is 11.3 Å². The molecule has 3 aromatic carbocycles. The Bertz CT molecular complexity index is 1020. The van der Waals surface area contributed by atoms with Gasteiger partial charge in [-0.2, -0.15) is 0 Å². The summed E-state index contributed by atoms with van der Waals surface area (Å²) in [6, 6.07) is 22.2. The Morgan fingerprint density at radius 2 is 1.50 bits per heavy atom. The van der Waals surface area contributed by atoms with Gasteiger partial charge in [0.25, 0.3) is 5.91 Å². The van der Waals surface area contributed by atoms with E-state index in [0.717, 1.165) is 16.7 Å². The molecule has 1 N–H and O–H groups in total. The van der Waals surface area contributed by atoms with Crippen LogP contribution in [0.25, 0.3) is 0 Å². The van der Waals surface area contributed by atoms with Crippen LogP contribution in [0.4, 0.5) is 5.69 Å². The van der Waals surface area contributed by atoms with Gasteiger partial charge in [0.2, 0.25) is 6.10 Å². The Hall–Kier alpha value is -3.40. The molecule has 4 nitrogen and oxygen atoms in total. The zero-order chi connectivity index (χ0) is 21.7. The van der Waals surface area contributed by atoms with Crippen molar-refractivity contribution < 1.29 is 14.3 Å². The number of hydrogen-bond acceptors (Lipinski definition) is 3. The Kier molecular flexibility index (Phi) is 6.68. The molecule has 0 aliphatic heterocycles. The summed E-state index contributed by atoms with van der Waals surface area (Å²) in [4.78, 5) is 25.9. The maximum absolute atomic E-state index is 13.1. The van der Waals surface area contributed by atoms with Crippen LogP contribution in [-0.2, 0) is 9.53 Å². The number of ether oxygens (including phenoxy) is 1. The van der Waals surface area contributed by atoms with Crippen LogP contribution in [0.15, 0.2) is 72.8 Å². The maximum atomic E-state index is 13.1. The van der Waals surface area contributed by atoms with Gasteiger partial charge in [-0.25, -0.2) is 4.79 Å². The zero-order valence-corrected chi connectivity index (χ0v) is 17.8. The molecule has 0 radical (unpaired) electrons. The monoisotopic (exact) mass is 401 g/mol. The van der Waals surface area contributed by atoms with Gasteiger partial charge in [0.1, 0.15) is 0 Å². The second-order valence-corrected chi connectivity index (χ2v) is 7.78. The van der Waals surface area contributed by atoms with Gasteiger partial charge >= 0.3 is 5.97 Å². The first-order valence-corrected chi connectivity index (χ1v) is 10.1. The summed E-state index contributed by atoms with van der Waals surface area (Å²) in [5.41, 5.74) is 4.86. The van der Waals surface area contributed by atoms with Crippen LogP contribution in [0.3, 0.4) is 0 Å². The highest BCUT2D eigenvalue weighted by Crippen LogP contribution is 2.24. The summed E-state index contributed by atoms with van der Waals surface area (Å²) in [6.45, 7) is 8.08. The van der Waals surface area contributed by atoms with E-state index in [1.165, 1.54) is 0 Å². The molecule has 0 fully saturated rings. The number of nitrogens with one attached hydrogen (secondary N) is 1. The number of rotatable bonds is 6. The number of carbonyl (C=O) groups excluding carboxylic acids is 2. The van der Waals surface area contributed by atoms with Crippen molar-refractivity contribution in [2.75, 3.05) is 5.32 Å². The quantitative estimate of drug-likeness (QED) is 0.518. The minimum absolute atomic E-state index is 0.371. The second-order valence-electron chi connectivity index (χ2n) is 7.78. The fourth-order valence-corrected chi connectivity index (χ4v) is 3.15. The van der Waals surface area contributed by atoms with E-state index in [1.54, 1.807) is 24.3 Å². The van der Waals surface area contributed by atoms with Crippen molar-refractivity contribution in [3.8, 4) is 0 Å². The molecule has 30 heavy (non-hydrogen) atoms. The van der Waals surface area contributed by atoms with E-state index < -0.39 is 12.1 Å². The Balaban J connectivity index is 1.84. The number of aryl methyl sites for hydroxylation is 2. The molecule has 0 aromatic heterocycles. The smallest absolute Gasteiger partial charge is 0.339 e. The van der Waals surface area contributed by atoms with Crippen molar-refractivity contribution >= 4 is 17.6 Å². The molecule has 1 atom stereocenters. The van der Waals surface area contributed by atoms with Gasteiger partial charge in [-0.15, -0.1) is 0 Å². The van der Waals surface area contributed by atoms with Crippen LogP contribution in [0.2, 0.25) is 0 Å². The maximum Gasteiger partial charge on any atom is 0.339 e. The number of carbonyl (C=O) groups is 2. The van der Waals surface area contributed by atoms with Crippen LogP contribution in [-0.4, -0.2) is 11.9 Å². The summed E-state index contributed by atoms with van der Waals surface area (Å²) in [5, 5.41) is 2.91. The van der Waals surface area contributed by atoms with Crippen molar-refractivity contribution in [1.29, 1.82) is 0 Å². The van der Waals surface area contributed by atoms with Crippen molar-refractivity contribution in [3.63, 3.8) is 0 Å². The summed E-state index contributed by atoms with van der Waals surface area (Å²) < 4.78 is 5.68. The Labute approximate surface area is 177 Å². The predicted octanol–water partition coefficient (Wildman–Crippen LogP) is 5.96. The van der Waals surface area contributed by atoms with Crippen LogP contribution < -0.4 is 5.32 Å². The molecular weight excluding hydrogens is 374 g/mol. The highest BCUT2D eigenvalue weighted by molar-refractivity contribution is 5.98. The molecule has 0 heterocycles. The minimum atomic E-state index is -1.05. The molecule has 0 aliphatic rings. The molecule has 3 aromatic rings. The number of esters is 1. The average Bonchev–Trinajstić information content (AvgIpc) is 2.75. The van der Waals surface area contributed by atoms with Crippen molar-refractivity contribution in [2.45, 2.75) is 39.7 Å². The summed E-state index contributed by atoms with van der Waals surface area (Å²) >= 11 is 0. The first-order chi connectivity index (χ1) is 14.3. The van der Waals surface area contributed by atoms with E-state index in [9.17, 15) is 9.59 Å². The molecule has 0 aliphatic carbocycles. The summed E-state index contributed by atoms with van der Waals surface area (Å²) in [7, 11) is 0.